The van der Waals surface area contributed by atoms with E-state index in [2.05, 4.69) is 62.1 Å². The zero-order chi connectivity index (χ0) is 29.1. The fourth-order valence-corrected chi connectivity index (χ4v) is 5.35. The van der Waals surface area contributed by atoms with Crippen LogP contribution in [0.2, 0.25) is 0 Å². The van der Waals surface area contributed by atoms with Gasteiger partial charge in [0.15, 0.2) is 5.82 Å². The van der Waals surface area contributed by atoms with E-state index >= 15 is 0 Å². The zero-order valence-corrected chi connectivity index (χ0v) is 23.2. The number of likely N-dealkylation sites (tertiary alicyclic amines) is 1. The summed E-state index contributed by atoms with van der Waals surface area (Å²) in [7, 11) is 0. The highest BCUT2D eigenvalue weighted by Crippen LogP contribution is 2.29. The molecule has 5 rings (SSSR count). The second-order valence-corrected chi connectivity index (χ2v) is 10.8. The second-order valence-electron chi connectivity index (χ2n) is 10.8. The lowest BCUT2D eigenvalue weighted by molar-refractivity contribution is -0.134. The molecular weight excluding hydrogens is 529 g/mol. The van der Waals surface area contributed by atoms with E-state index in [-0.39, 0.29) is 12.5 Å². The van der Waals surface area contributed by atoms with Gasteiger partial charge in [0.25, 0.3) is 0 Å². The summed E-state index contributed by atoms with van der Waals surface area (Å²) in [6.07, 6.45) is 0.0190. The number of alkyl halides is 3. The van der Waals surface area contributed by atoms with Gasteiger partial charge in [0.1, 0.15) is 17.6 Å². The van der Waals surface area contributed by atoms with Crippen molar-refractivity contribution in [2.24, 2.45) is 0 Å². The van der Waals surface area contributed by atoms with Crippen molar-refractivity contribution in [1.29, 1.82) is 5.26 Å². The summed E-state index contributed by atoms with van der Waals surface area (Å²) in [5.41, 5.74) is 6.03. The molecule has 0 radical (unpaired) electrons. The van der Waals surface area contributed by atoms with Crippen LogP contribution < -0.4 is 5.32 Å². The summed E-state index contributed by atoms with van der Waals surface area (Å²) in [5, 5.41) is 21.1. The molecule has 1 saturated heterocycles. The number of fused-ring (bicyclic) bond motifs is 1. The molecule has 0 amide bonds. The number of piperidine rings is 1. The van der Waals surface area contributed by atoms with E-state index in [0.29, 0.717) is 35.1 Å². The minimum Gasteiger partial charge on any atom is -0.367 e. The summed E-state index contributed by atoms with van der Waals surface area (Å²) in [5.74, 6) is 0.914. The number of halogens is 3. The van der Waals surface area contributed by atoms with Gasteiger partial charge in [-0.25, -0.2) is 9.97 Å². The number of aromatic nitrogens is 5. The summed E-state index contributed by atoms with van der Waals surface area (Å²) >= 11 is 0. The molecule has 1 aliphatic heterocycles. The molecule has 0 bridgehead atoms. The van der Waals surface area contributed by atoms with Crippen molar-refractivity contribution in [3.8, 4) is 6.07 Å². The zero-order valence-electron chi connectivity index (χ0n) is 23.2. The fourth-order valence-electron chi connectivity index (χ4n) is 5.35. The fraction of sp³-hybridized carbons (Fsp3) is 0.400. The first-order valence-electron chi connectivity index (χ1n) is 13.7. The molecule has 11 heteroatoms. The molecule has 0 atom stereocenters. The first kappa shape index (κ1) is 28.4. The molecule has 0 saturated carbocycles. The van der Waals surface area contributed by atoms with Gasteiger partial charge in [0.2, 0.25) is 0 Å². The standard InChI is InChI=1S/C30H33F3N8/c1-19(2)29-38-24(6-9-30(31,32)33)12-28(39-29)37-23-7-10-40(11-8-23)18-22-4-5-27-26(20(22)3)13-25(14-34)41(27)17-21-15-35-36-16-21/h4-5,12-13,15-16,23H,1,6-11,17-18H2,2-3H3,(H,35,36)(H,37,38,39). The Morgan fingerprint density at radius 3 is 2.63 bits per heavy atom. The maximum Gasteiger partial charge on any atom is 0.389 e. The van der Waals surface area contributed by atoms with Gasteiger partial charge in [0, 0.05) is 66.5 Å². The third-order valence-corrected chi connectivity index (χ3v) is 7.64. The van der Waals surface area contributed by atoms with Crippen molar-refractivity contribution in [3.05, 3.63) is 77.1 Å². The maximum atomic E-state index is 12.8. The number of allylic oxidation sites excluding steroid dienone is 1. The number of nitrogens with zero attached hydrogens (tertiary/aromatic N) is 6. The summed E-state index contributed by atoms with van der Waals surface area (Å²) in [6, 6.07) is 10.3. The maximum absolute atomic E-state index is 12.8. The predicted molar refractivity (Wildman–Crippen MR) is 152 cm³/mol. The molecule has 41 heavy (non-hydrogen) atoms. The van der Waals surface area contributed by atoms with Crippen molar-refractivity contribution in [1.82, 2.24) is 29.6 Å². The molecule has 0 spiro atoms. The molecule has 1 aromatic carbocycles. The molecule has 3 aromatic heterocycles. The number of nitriles is 1. The molecule has 2 N–H and O–H groups in total. The number of aryl methyl sites for hydroxylation is 2. The molecule has 4 aromatic rings. The Hall–Kier alpha value is -4.17. The first-order chi connectivity index (χ1) is 19.6. The lowest BCUT2D eigenvalue weighted by atomic mass is 10.0. The number of hydrogen-bond donors (Lipinski definition) is 2. The SMILES string of the molecule is C=C(C)c1nc(CCC(F)(F)F)cc(NC2CCN(Cc3ccc4c(cc(C#N)n4Cc4cn[nH]c4)c3C)CC2)n1. The van der Waals surface area contributed by atoms with Gasteiger partial charge < -0.3 is 9.88 Å². The number of benzene rings is 1. The van der Waals surface area contributed by atoms with Crippen molar-refractivity contribution in [2.75, 3.05) is 18.4 Å². The van der Waals surface area contributed by atoms with Crippen LogP contribution in [-0.4, -0.2) is 54.9 Å². The highest BCUT2D eigenvalue weighted by Gasteiger charge is 2.27. The monoisotopic (exact) mass is 562 g/mol. The average Bonchev–Trinajstić information content (AvgIpc) is 3.58. The van der Waals surface area contributed by atoms with E-state index in [1.807, 2.05) is 16.8 Å². The molecule has 214 valence electrons. The van der Waals surface area contributed by atoms with Crippen LogP contribution in [0.3, 0.4) is 0 Å². The number of nitrogens with one attached hydrogen (secondary N) is 2. The average molecular weight is 563 g/mol. The van der Waals surface area contributed by atoms with Gasteiger partial charge in [-0.05, 0) is 61.9 Å². The van der Waals surface area contributed by atoms with Gasteiger partial charge in [-0.1, -0.05) is 12.6 Å². The smallest absolute Gasteiger partial charge is 0.367 e. The number of rotatable bonds is 9. The molecular formula is C30H33F3N8. The Balaban J connectivity index is 1.23. The summed E-state index contributed by atoms with van der Waals surface area (Å²) in [4.78, 5) is 11.2. The van der Waals surface area contributed by atoms with Gasteiger partial charge in [-0.15, -0.1) is 0 Å². The lowest BCUT2D eigenvalue weighted by Gasteiger charge is -2.33. The third-order valence-electron chi connectivity index (χ3n) is 7.64. The second kappa shape index (κ2) is 11.7. The van der Waals surface area contributed by atoms with Crippen LogP contribution in [-0.2, 0) is 19.5 Å². The van der Waals surface area contributed by atoms with E-state index in [9.17, 15) is 18.4 Å². The van der Waals surface area contributed by atoms with Crippen molar-refractivity contribution in [2.45, 2.75) is 64.8 Å². The van der Waals surface area contributed by atoms with Crippen LogP contribution >= 0.6 is 0 Å². The number of aromatic amines is 1. The Morgan fingerprint density at radius 2 is 1.98 bits per heavy atom. The highest BCUT2D eigenvalue weighted by molar-refractivity contribution is 5.86. The van der Waals surface area contributed by atoms with Gasteiger partial charge in [-0.3, -0.25) is 10.00 Å². The molecule has 1 fully saturated rings. The van der Waals surface area contributed by atoms with Gasteiger partial charge >= 0.3 is 6.18 Å². The minimum atomic E-state index is -4.24. The van der Waals surface area contributed by atoms with E-state index < -0.39 is 12.6 Å². The molecule has 0 unspecified atom stereocenters. The van der Waals surface area contributed by atoms with E-state index in [0.717, 1.165) is 48.9 Å². The lowest BCUT2D eigenvalue weighted by Crippen LogP contribution is -2.39. The van der Waals surface area contributed by atoms with Gasteiger partial charge in [0.05, 0.1) is 12.7 Å². The topological polar surface area (TPSA) is 98.5 Å². The summed E-state index contributed by atoms with van der Waals surface area (Å²) < 4.78 is 40.3. The van der Waals surface area contributed by atoms with Crippen molar-refractivity contribution < 1.29 is 13.2 Å². The predicted octanol–water partition coefficient (Wildman–Crippen LogP) is 5.99. The Labute approximate surface area is 236 Å². The normalized spacial score (nSPS) is 14.8. The van der Waals surface area contributed by atoms with Crippen molar-refractivity contribution >= 4 is 22.3 Å². The van der Waals surface area contributed by atoms with Crippen molar-refractivity contribution in [3.63, 3.8) is 0 Å². The van der Waals surface area contributed by atoms with E-state index in [1.54, 1.807) is 19.2 Å². The van der Waals surface area contributed by atoms with E-state index in [1.165, 1.54) is 11.1 Å². The minimum absolute atomic E-state index is 0.160. The van der Waals surface area contributed by atoms with Gasteiger partial charge in [-0.2, -0.15) is 23.5 Å². The third kappa shape index (κ3) is 6.77. The molecule has 4 heterocycles. The summed E-state index contributed by atoms with van der Waals surface area (Å²) in [6.45, 7) is 10.9. The number of anilines is 1. The molecule has 1 aliphatic rings. The largest absolute Gasteiger partial charge is 0.389 e. The number of H-pyrrole nitrogens is 1. The first-order valence-corrected chi connectivity index (χ1v) is 13.7. The van der Waals surface area contributed by atoms with Crippen LogP contribution in [0, 0.1) is 18.3 Å². The Kier molecular flexibility index (Phi) is 8.13. The van der Waals surface area contributed by atoms with E-state index in [4.69, 9.17) is 0 Å². The van der Waals surface area contributed by atoms with Crippen LogP contribution in [0.1, 0.15) is 60.1 Å². The number of hydrogen-bond acceptors (Lipinski definition) is 6. The van der Waals surface area contributed by atoms with Crippen LogP contribution in [0.25, 0.3) is 16.5 Å². The Morgan fingerprint density at radius 1 is 1.20 bits per heavy atom. The quantitative estimate of drug-likeness (QED) is 0.260. The Bertz CT molecular complexity index is 1570. The molecule has 8 nitrogen and oxygen atoms in total. The van der Waals surface area contributed by atoms with Crippen LogP contribution in [0.4, 0.5) is 19.0 Å². The molecule has 0 aliphatic carbocycles. The van der Waals surface area contributed by atoms with Crippen LogP contribution in [0.15, 0.2) is 43.2 Å². The van der Waals surface area contributed by atoms with Crippen LogP contribution in [0.5, 0.6) is 0 Å². The highest BCUT2D eigenvalue weighted by atomic mass is 19.4.